The van der Waals surface area contributed by atoms with Crippen molar-refractivity contribution in [2.24, 2.45) is 5.41 Å². The highest BCUT2D eigenvalue weighted by Gasteiger charge is 2.28. The lowest BCUT2D eigenvalue weighted by atomic mass is 9.93. The number of rotatable bonds is 9. The zero-order valence-corrected chi connectivity index (χ0v) is 13.4. The van der Waals surface area contributed by atoms with E-state index >= 15 is 0 Å². The summed E-state index contributed by atoms with van der Waals surface area (Å²) in [5.41, 5.74) is 0.579. The van der Waals surface area contributed by atoms with Crippen LogP contribution in [0, 0.1) is 5.41 Å². The Labute approximate surface area is 116 Å². The molecule has 0 unspecified atom stereocenters. The predicted octanol–water partition coefficient (Wildman–Crippen LogP) is 4.84. The van der Waals surface area contributed by atoms with Crippen LogP contribution in [0.4, 0.5) is 0 Å². The minimum Gasteiger partial charge on any atom is -0.303 e. The van der Waals surface area contributed by atoms with Gasteiger partial charge in [0.1, 0.15) is 0 Å². The Morgan fingerprint density at radius 3 is 2.06 bits per heavy atom. The second-order valence-electron chi connectivity index (χ2n) is 6.35. The second kappa shape index (κ2) is 8.53. The van der Waals surface area contributed by atoms with Crippen molar-refractivity contribution in [2.45, 2.75) is 65.2 Å². The molecule has 102 valence electrons. The summed E-state index contributed by atoms with van der Waals surface area (Å²) < 4.78 is 0. The highest BCUT2D eigenvalue weighted by atomic mass is 79.9. The van der Waals surface area contributed by atoms with Crippen LogP contribution in [0.15, 0.2) is 0 Å². The number of unbranched alkanes of at least 4 members (excludes halogenated alkanes) is 6. The van der Waals surface area contributed by atoms with Crippen molar-refractivity contribution in [3.8, 4) is 0 Å². The molecule has 0 amide bonds. The molecule has 1 aliphatic heterocycles. The van der Waals surface area contributed by atoms with E-state index in [-0.39, 0.29) is 0 Å². The van der Waals surface area contributed by atoms with Gasteiger partial charge in [-0.05, 0) is 37.8 Å². The van der Waals surface area contributed by atoms with Gasteiger partial charge in [0, 0.05) is 11.9 Å². The molecule has 1 rings (SSSR count). The maximum atomic E-state index is 3.48. The summed E-state index contributed by atoms with van der Waals surface area (Å²) >= 11 is 3.48. The maximum absolute atomic E-state index is 3.48. The Morgan fingerprint density at radius 1 is 0.941 bits per heavy atom. The van der Waals surface area contributed by atoms with Gasteiger partial charge in [-0.25, -0.2) is 0 Å². The molecule has 1 aliphatic rings. The van der Waals surface area contributed by atoms with Crippen LogP contribution in [0.25, 0.3) is 0 Å². The lowest BCUT2D eigenvalue weighted by Crippen LogP contribution is -2.24. The van der Waals surface area contributed by atoms with Crippen LogP contribution in [0.2, 0.25) is 0 Å². The lowest BCUT2D eigenvalue weighted by Gasteiger charge is -2.19. The molecule has 0 radical (unpaired) electrons. The summed E-state index contributed by atoms with van der Waals surface area (Å²) in [6.45, 7) is 8.79. The quantitative estimate of drug-likeness (QED) is 0.435. The molecule has 0 saturated carbocycles. The van der Waals surface area contributed by atoms with Crippen molar-refractivity contribution >= 4 is 15.9 Å². The van der Waals surface area contributed by atoms with Gasteiger partial charge < -0.3 is 4.90 Å². The summed E-state index contributed by atoms with van der Waals surface area (Å²) in [4.78, 5) is 2.66. The van der Waals surface area contributed by atoms with Crippen molar-refractivity contribution in [1.29, 1.82) is 0 Å². The molecule has 0 aromatic carbocycles. The van der Waals surface area contributed by atoms with Crippen LogP contribution < -0.4 is 0 Å². The van der Waals surface area contributed by atoms with Gasteiger partial charge in [-0.1, -0.05) is 61.9 Å². The third kappa shape index (κ3) is 7.46. The highest BCUT2D eigenvalue weighted by Crippen LogP contribution is 2.28. The van der Waals surface area contributed by atoms with Gasteiger partial charge >= 0.3 is 0 Å². The second-order valence-corrected chi connectivity index (χ2v) is 7.15. The first-order valence-corrected chi connectivity index (χ1v) is 8.54. The van der Waals surface area contributed by atoms with E-state index < -0.39 is 0 Å². The molecular formula is C15H30BrN. The smallest absolute Gasteiger partial charge is 0.00332 e. The summed E-state index contributed by atoms with van der Waals surface area (Å²) in [5.74, 6) is 0. The predicted molar refractivity (Wildman–Crippen MR) is 81.0 cm³/mol. The molecule has 0 atom stereocenters. The zero-order chi connectivity index (χ0) is 12.6. The molecule has 1 nitrogen and oxygen atoms in total. The van der Waals surface area contributed by atoms with Gasteiger partial charge in [-0.2, -0.15) is 0 Å². The first-order chi connectivity index (χ1) is 8.14. The fourth-order valence-corrected chi connectivity index (χ4v) is 3.13. The summed E-state index contributed by atoms with van der Waals surface area (Å²) in [5, 5.41) is 1.18. The van der Waals surface area contributed by atoms with E-state index in [0.29, 0.717) is 5.41 Å². The fourth-order valence-electron chi connectivity index (χ4n) is 2.73. The number of hydrogen-bond donors (Lipinski definition) is 0. The number of halogens is 1. The van der Waals surface area contributed by atoms with Gasteiger partial charge in [0.05, 0.1) is 0 Å². The molecule has 0 aromatic rings. The molecule has 1 saturated heterocycles. The molecule has 1 fully saturated rings. The average molecular weight is 304 g/mol. The minimum absolute atomic E-state index is 0.579. The van der Waals surface area contributed by atoms with Gasteiger partial charge in [0.15, 0.2) is 0 Å². The van der Waals surface area contributed by atoms with Gasteiger partial charge in [0.25, 0.3) is 0 Å². The van der Waals surface area contributed by atoms with Crippen molar-refractivity contribution in [2.75, 3.05) is 25.0 Å². The fraction of sp³-hybridized carbons (Fsp3) is 1.00. The standard InChI is InChI=1S/C15H30BrN/c1-15(2)10-13-17(14-15)12-9-7-5-3-4-6-8-11-16/h3-14H2,1-2H3. The Bertz CT molecular complexity index is 191. The zero-order valence-electron chi connectivity index (χ0n) is 11.8. The van der Waals surface area contributed by atoms with Crippen LogP contribution in [0.3, 0.4) is 0 Å². The largest absolute Gasteiger partial charge is 0.303 e. The highest BCUT2D eigenvalue weighted by molar-refractivity contribution is 9.09. The molecular weight excluding hydrogens is 274 g/mol. The normalized spacial score (nSPS) is 19.9. The Hall–Kier alpha value is 0.440. The molecule has 0 aliphatic carbocycles. The number of alkyl halides is 1. The topological polar surface area (TPSA) is 3.24 Å². The first kappa shape index (κ1) is 15.5. The van der Waals surface area contributed by atoms with Crippen molar-refractivity contribution in [1.82, 2.24) is 4.90 Å². The third-order valence-corrected chi connectivity index (χ3v) is 4.43. The van der Waals surface area contributed by atoms with Crippen molar-refractivity contribution in [3.63, 3.8) is 0 Å². The average Bonchev–Trinajstić information content (AvgIpc) is 2.62. The number of hydrogen-bond acceptors (Lipinski definition) is 1. The van der Waals surface area contributed by atoms with Crippen LogP contribution in [0.5, 0.6) is 0 Å². The van der Waals surface area contributed by atoms with E-state index in [1.165, 1.54) is 76.3 Å². The van der Waals surface area contributed by atoms with Crippen molar-refractivity contribution in [3.05, 3.63) is 0 Å². The monoisotopic (exact) mass is 303 g/mol. The summed E-state index contributed by atoms with van der Waals surface area (Å²) in [6, 6.07) is 0. The number of likely N-dealkylation sites (tertiary alicyclic amines) is 1. The van der Waals surface area contributed by atoms with Crippen molar-refractivity contribution < 1.29 is 0 Å². The van der Waals surface area contributed by atoms with Gasteiger partial charge in [-0.3, -0.25) is 0 Å². The third-order valence-electron chi connectivity index (χ3n) is 3.86. The van der Waals surface area contributed by atoms with E-state index in [9.17, 15) is 0 Å². The van der Waals surface area contributed by atoms with Crippen LogP contribution in [0.1, 0.15) is 65.2 Å². The van der Waals surface area contributed by atoms with Gasteiger partial charge in [-0.15, -0.1) is 0 Å². The SMILES string of the molecule is CC1(C)CCN(CCCCCCCCCBr)C1. The van der Waals surface area contributed by atoms with Crippen LogP contribution in [-0.4, -0.2) is 29.9 Å². The first-order valence-electron chi connectivity index (χ1n) is 7.42. The summed E-state index contributed by atoms with van der Waals surface area (Å²) in [7, 11) is 0. The minimum atomic E-state index is 0.579. The Kier molecular flexibility index (Phi) is 7.77. The van der Waals surface area contributed by atoms with Gasteiger partial charge in [0.2, 0.25) is 0 Å². The molecule has 2 heteroatoms. The van der Waals surface area contributed by atoms with E-state index in [2.05, 4.69) is 34.7 Å². The molecule has 0 spiro atoms. The molecule has 1 heterocycles. The van der Waals surface area contributed by atoms with E-state index in [4.69, 9.17) is 0 Å². The maximum Gasteiger partial charge on any atom is 0.00332 e. The Balaban J connectivity index is 1.85. The number of nitrogens with zero attached hydrogens (tertiary/aromatic N) is 1. The van der Waals surface area contributed by atoms with Crippen LogP contribution in [-0.2, 0) is 0 Å². The molecule has 0 aromatic heterocycles. The molecule has 17 heavy (non-hydrogen) atoms. The Morgan fingerprint density at radius 2 is 1.53 bits per heavy atom. The van der Waals surface area contributed by atoms with E-state index in [1.807, 2.05) is 0 Å². The van der Waals surface area contributed by atoms with E-state index in [1.54, 1.807) is 0 Å². The van der Waals surface area contributed by atoms with E-state index in [0.717, 1.165) is 0 Å². The lowest BCUT2D eigenvalue weighted by molar-refractivity contribution is 0.284. The molecule has 0 bridgehead atoms. The summed E-state index contributed by atoms with van der Waals surface area (Å²) in [6.07, 6.45) is 11.3. The molecule has 0 N–H and O–H groups in total. The van der Waals surface area contributed by atoms with Crippen LogP contribution >= 0.6 is 15.9 Å².